The molecule has 0 heterocycles. The highest BCUT2D eigenvalue weighted by Gasteiger charge is 2.46. The van der Waals surface area contributed by atoms with Crippen molar-refractivity contribution in [2.24, 2.45) is 5.16 Å². The normalized spacial score (nSPS) is 12.8. The molecule has 0 aliphatic heterocycles. The van der Waals surface area contributed by atoms with Gasteiger partial charge in [0.05, 0.1) is 21.4 Å². The summed E-state index contributed by atoms with van der Waals surface area (Å²) < 4.78 is 62.3. The number of alkyl halides is 3. The van der Waals surface area contributed by atoms with Gasteiger partial charge in [0, 0.05) is 5.56 Å². The van der Waals surface area contributed by atoms with Crippen LogP contribution >= 0.6 is 23.2 Å². The van der Waals surface area contributed by atoms with Crippen molar-refractivity contribution in [1.29, 1.82) is 0 Å². The molecule has 2 rings (SSSR count). The Morgan fingerprint density at radius 2 is 1.82 bits per heavy atom. The van der Waals surface area contributed by atoms with Gasteiger partial charge in [0.2, 0.25) is 0 Å². The molecule has 0 aliphatic rings. The largest absolute Gasteiger partial charge is 0.516 e. The molecule has 0 radical (unpaired) electrons. The summed E-state index contributed by atoms with van der Waals surface area (Å²) in [5.41, 5.74) is -3.99. The van der Waals surface area contributed by atoms with Gasteiger partial charge in [-0.05, 0) is 43.7 Å². The second-order valence-electron chi connectivity index (χ2n) is 5.80. The Morgan fingerprint density at radius 3 is 2.43 bits per heavy atom. The number of hydrogen-bond acceptors (Lipinski definition) is 4. The average Bonchev–Trinajstić information content (AvgIpc) is 2.58. The maximum Gasteiger partial charge on any atom is 0.516 e. The van der Waals surface area contributed by atoms with Crippen molar-refractivity contribution >= 4 is 44.6 Å². The summed E-state index contributed by atoms with van der Waals surface area (Å²) in [5, 5.41) is 4.58. The molecule has 5 nitrogen and oxygen atoms in total. The Morgan fingerprint density at radius 1 is 1.14 bits per heavy atom. The molecule has 152 valence electrons. The Balaban J connectivity index is 2.24. The summed E-state index contributed by atoms with van der Waals surface area (Å²) in [6.07, 6.45) is 0. The zero-order valence-electron chi connectivity index (χ0n) is 14.6. The van der Waals surface area contributed by atoms with Crippen LogP contribution < -0.4 is 4.72 Å². The fourth-order valence-corrected chi connectivity index (χ4v) is 3.04. The van der Waals surface area contributed by atoms with Crippen LogP contribution in [-0.4, -0.2) is 19.6 Å². The summed E-state index contributed by atoms with van der Waals surface area (Å²) in [6, 6.07) is 9.05. The van der Waals surface area contributed by atoms with E-state index < -0.39 is 15.5 Å². The second-order valence-corrected chi connectivity index (χ2v) is 8.29. The first-order chi connectivity index (χ1) is 12.9. The quantitative estimate of drug-likeness (QED) is 0.462. The van der Waals surface area contributed by atoms with Crippen molar-refractivity contribution in [1.82, 2.24) is 0 Å². The monoisotopic (exact) mass is 454 g/mol. The van der Waals surface area contributed by atoms with E-state index in [1.807, 2.05) is 0 Å². The Bertz CT molecular complexity index is 1010. The second kappa shape index (κ2) is 8.59. The van der Waals surface area contributed by atoms with Crippen LogP contribution in [0.5, 0.6) is 0 Å². The van der Waals surface area contributed by atoms with Crippen molar-refractivity contribution < 1.29 is 26.4 Å². The Hall–Kier alpha value is -1.97. The molecule has 2 aromatic rings. The first-order valence-electron chi connectivity index (χ1n) is 7.71. The van der Waals surface area contributed by atoms with E-state index in [4.69, 9.17) is 28.0 Å². The number of sulfonamides is 1. The van der Waals surface area contributed by atoms with E-state index in [0.717, 1.165) is 0 Å². The SMILES string of the molecule is C/C(=N\OCc1ccc(Cl)c(Cl)c1)c1cc(C)ccc1NS(=O)(=O)C(F)(F)F. The average molecular weight is 455 g/mol. The number of aryl methyl sites for hydroxylation is 1. The zero-order valence-corrected chi connectivity index (χ0v) is 17.0. The van der Waals surface area contributed by atoms with E-state index in [1.54, 1.807) is 25.1 Å². The minimum Gasteiger partial charge on any atom is -0.391 e. The van der Waals surface area contributed by atoms with E-state index in [0.29, 0.717) is 21.2 Å². The van der Waals surface area contributed by atoms with Crippen molar-refractivity contribution in [3.05, 3.63) is 63.1 Å². The molecule has 0 saturated carbocycles. The molecule has 0 fully saturated rings. The molecule has 28 heavy (non-hydrogen) atoms. The standard InChI is InChI=1S/C17H15Cl2F3N2O3S/c1-10-3-6-16(24-28(25,26)17(20,21)22)13(7-10)11(2)23-27-9-12-4-5-14(18)15(19)8-12/h3-8,24H,9H2,1-2H3/b23-11+. The highest BCUT2D eigenvalue weighted by atomic mass is 35.5. The minimum atomic E-state index is -5.56. The lowest BCUT2D eigenvalue weighted by atomic mass is 10.1. The van der Waals surface area contributed by atoms with Gasteiger partial charge in [-0.3, -0.25) is 4.72 Å². The molecule has 2 aromatic carbocycles. The van der Waals surface area contributed by atoms with Crippen LogP contribution in [0.3, 0.4) is 0 Å². The lowest BCUT2D eigenvalue weighted by Crippen LogP contribution is -2.30. The number of hydrogen-bond donors (Lipinski definition) is 1. The fraction of sp³-hybridized carbons (Fsp3) is 0.235. The van der Waals surface area contributed by atoms with Gasteiger partial charge in [-0.1, -0.05) is 46.1 Å². The number of oxime groups is 1. The van der Waals surface area contributed by atoms with Crippen LogP contribution in [0.15, 0.2) is 41.6 Å². The van der Waals surface area contributed by atoms with Crippen LogP contribution in [0, 0.1) is 6.92 Å². The van der Waals surface area contributed by atoms with E-state index in [2.05, 4.69) is 5.16 Å². The summed E-state index contributed by atoms with van der Waals surface area (Å²) in [7, 11) is -5.56. The molecule has 0 saturated heterocycles. The fourth-order valence-electron chi connectivity index (χ4n) is 2.13. The van der Waals surface area contributed by atoms with Gasteiger partial charge in [-0.15, -0.1) is 0 Å². The Kier molecular flexibility index (Phi) is 6.84. The molecule has 0 unspecified atom stereocenters. The predicted octanol–water partition coefficient (Wildman–Crippen LogP) is 5.50. The van der Waals surface area contributed by atoms with Crippen molar-refractivity contribution in [2.75, 3.05) is 4.72 Å². The highest BCUT2D eigenvalue weighted by Crippen LogP contribution is 2.28. The molecule has 1 N–H and O–H groups in total. The van der Waals surface area contributed by atoms with E-state index >= 15 is 0 Å². The van der Waals surface area contributed by atoms with E-state index in [1.165, 1.54) is 29.8 Å². The molecular weight excluding hydrogens is 440 g/mol. The van der Waals surface area contributed by atoms with Crippen LogP contribution in [0.1, 0.15) is 23.6 Å². The summed E-state index contributed by atoms with van der Waals surface area (Å²) in [4.78, 5) is 5.21. The topological polar surface area (TPSA) is 67.8 Å². The number of rotatable bonds is 6. The van der Waals surface area contributed by atoms with Gasteiger partial charge in [0.1, 0.15) is 6.61 Å². The van der Waals surface area contributed by atoms with Crippen molar-refractivity contribution in [3.63, 3.8) is 0 Å². The smallest absolute Gasteiger partial charge is 0.391 e. The van der Waals surface area contributed by atoms with E-state index in [-0.39, 0.29) is 23.6 Å². The van der Waals surface area contributed by atoms with Gasteiger partial charge < -0.3 is 4.84 Å². The summed E-state index contributed by atoms with van der Waals surface area (Å²) >= 11 is 11.7. The lowest BCUT2D eigenvalue weighted by molar-refractivity contribution is -0.0429. The van der Waals surface area contributed by atoms with Crippen LogP contribution in [-0.2, 0) is 21.5 Å². The summed E-state index contributed by atoms with van der Waals surface area (Å²) in [6.45, 7) is 3.22. The molecule has 0 bridgehead atoms. The van der Waals surface area contributed by atoms with Crippen LogP contribution in [0.2, 0.25) is 10.0 Å². The van der Waals surface area contributed by atoms with Crippen molar-refractivity contribution in [3.8, 4) is 0 Å². The zero-order chi connectivity index (χ0) is 21.1. The number of halogens is 5. The predicted molar refractivity (Wildman–Crippen MR) is 103 cm³/mol. The summed E-state index contributed by atoms with van der Waals surface area (Å²) in [5.74, 6) is 0. The number of nitrogens with zero attached hydrogens (tertiary/aromatic N) is 1. The first kappa shape index (κ1) is 22.3. The van der Waals surface area contributed by atoms with Gasteiger partial charge in [0.25, 0.3) is 0 Å². The molecule has 0 amide bonds. The molecule has 11 heteroatoms. The molecular formula is C17H15Cl2F3N2O3S. The molecule has 0 atom stereocenters. The third-order valence-electron chi connectivity index (χ3n) is 3.53. The van der Waals surface area contributed by atoms with Gasteiger partial charge in [-0.25, -0.2) is 0 Å². The number of nitrogens with one attached hydrogen (secondary N) is 1. The van der Waals surface area contributed by atoms with Crippen molar-refractivity contribution in [2.45, 2.75) is 26.0 Å². The third-order valence-corrected chi connectivity index (χ3v) is 5.37. The van der Waals surface area contributed by atoms with Gasteiger partial charge >= 0.3 is 15.5 Å². The van der Waals surface area contributed by atoms with E-state index in [9.17, 15) is 21.6 Å². The molecule has 0 aromatic heterocycles. The minimum absolute atomic E-state index is 0.0314. The number of anilines is 1. The van der Waals surface area contributed by atoms with Gasteiger partial charge in [-0.2, -0.15) is 21.6 Å². The highest BCUT2D eigenvalue weighted by molar-refractivity contribution is 7.93. The first-order valence-corrected chi connectivity index (χ1v) is 9.95. The maximum atomic E-state index is 12.7. The van der Waals surface area contributed by atoms with Crippen LogP contribution in [0.4, 0.5) is 18.9 Å². The Labute approximate surface area is 170 Å². The third kappa shape index (κ3) is 5.52. The molecule has 0 spiro atoms. The molecule has 0 aliphatic carbocycles. The maximum absolute atomic E-state index is 12.7. The van der Waals surface area contributed by atoms with Crippen LogP contribution in [0.25, 0.3) is 0 Å². The lowest BCUT2D eigenvalue weighted by Gasteiger charge is -2.14. The number of benzene rings is 2. The van der Waals surface area contributed by atoms with Gasteiger partial charge in [0.15, 0.2) is 0 Å².